The molecule has 0 aliphatic rings. The molecule has 1 aromatic carbocycles. The van der Waals surface area contributed by atoms with Crippen LogP contribution in [0, 0.1) is 17.2 Å². The van der Waals surface area contributed by atoms with Crippen molar-refractivity contribution >= 4 is 11.8 Å². The predicted octanol–water partition coefficient (Wildman–Crippen LogP) is 1.26. The molecule has 2 amide bonds. The first-order valence-corrected chi connectivity index (χ1v) is 6.89. The van der Waals surface area contributed by atoms with E-state index in [2.05, 4.69) is 5.32 Å². The summed E-state index contributed by atoms with van der Waals surface area (Å²) >= 11 is 0. The molecule has 0 fully saturated rings. The van der Waals surface area contributed by atoms with Gasteiger partial charge in [0.15, 0.2) is 6.10 Å². The van der Waals surface area contributed by atoms with E-state index < -0.39 is 41.6 Å². The normalized spacial score (nSPS) is 15.0. The molecule has 0 saturated heterocycles. The highest BCUT2D eigenvalue weighted by Crippen LogP contribution is 2.30. The number of carbonyl (C=O) groups is 2. The number of aliphatic hydroxyl groups excluding tert-OH is 1. The van der Waals surface area contributed by atoms with Crippen LogP contribution in [0.25, 0.3) is 0 Å². The summed E-state index contributed by atoms with van der Waals surface area (Å²) in [5.41, 5.74) is 4.16. The molecule has 0 aliphatic heterocycles. The Morgan fingerprint density at radius 2 is 1.88 bits per heavy atom. The minimum absolute atomic E-state index is 0.0513. The molecule has 0 aliphatic carbocycles. The summed E-state index contributed by atoms with van der Waals surface area (Å²) in [5.74, 6) is -2.47. The van der Waals surface area contributed by atoms with Crippen molar-refractivity contribution in [1.82, 2.24) is 5.32 Å². The Balaban J connectivity index is 2.86. The standard InChI is InChI=1S/C15H16F3N3O3/c1-8(6-7-19)11(13(20)23)21-14(24)12(22)9-2-4-10(5-3-9)15(16,17)18/h2-5,8,11-12,22H,6H2,1H3,(H2,20,23)(H,21,24)/t8-,11-,12-/m1/s1. The first kappa shape index (κ1) is 19.4. The monoisotopic (exact) mass is 343 g/mol. The molecule has 0 heterocycles. The van der Waals surface area contributed by atoms with E-state index >= 15 is 0 Å². The Kier molecular flexibility index (Phi) is 6.31. The number of nitrogens with one attached hydrogen (secondary N) is 1. The van der Waals surface area contributed by atoms with Gasteiger partial charge in [-0.25, -0.2) is 0 Å². The molecule has 0 spiro atoms. The predicted molar refractivity (Wildman–Crippen MR) is 76.9 cm³/mol. The van der Waals surface area contributed by atoms with Crippen molar-refractivity contribution in [3.8, 4) is 6.07 Å². The van der Waals surface area contributed by atoms with Gasteiger partial charge in [-0.2, -0.15) is 18.4 Å². The van der Waals surface area contributed by atoms with Crippen LogP contribution in [-0.2, 0) is 15.8 Å². The van der Waals surface area contributed by atoms with Gasteiger partial charge in [-0.1, -0.05) is 19.1 Å². The second-order valence-corrected chi connectivity index (χ2v) is 5.25. The third kappa shape index (κ3) is 4.96. The number of rotatable bonds is 6. The smallest absolute Gasteiger partial charge is 0.378 e. The summed E-state index contributed by atoms with van der Waals surface area (Å²) in [6.45, 7) is 1.52. The van der Waals surface area contributed by atoms with Gasteiger partial charge >= 0.3 is 6.18 Å². The third-order valence-corrected chi connectivity index (χ3v) is 3.39. The summed E-state index contributed by atoms with van der Waals surface area (Å²) < 4.78 is 37.4. The van der Waals surface area contributed by atoms with Crippen LogP contribution in [0.2, 0.25) is 0 Å². The van der Waals surface area contributed by atoms with Crippen molar-refractivity contribution in [3.05, 3.63) is 35.4 Å². The van der Waals surface area contributed by atoms with E-state index in [1.807, 2.05) is 6.07 Å². The third-order valence-electron chi connectivity index (χ3n) is 3.39. The number of hydrogen-bond acceptors (Lipinski definition) is 4. The molecule has 130 valence electrons. The summed E-state index contributed by atoms with van der Waals surface area (Å²) in [5, 5.41) is 20.7. The van der Waals surface area contributed by atoms with E-state index in [4.69, 9.17) is 11.0 Å². The molecular formula is C15H16F3N3O3. The molecule has 0 aromatic heterocycles. The van der Waals surface area contributed by atoms with Gasteiger partial charge in [-0.3, -0.25) is 9.59 Å². The molecule has 4 N–H and O–H groups in total. The average molecular weight is 343 g/mol. The zero-order valence-corrected chi connectivity index (χ0v) is 12.7. The van der Waals surface area contributed by atoms with Gasteiger partial charge < -0.3 is 16.2 Å². The van der Waals surface area contributed by atoms with Gasteiger partial charge in [0.05, 0.1) is 11.6 Å². The Labute approximate surface area is 136 Å². The lowest BCUT2D eigenvalue weighted by Gasteiger charge is -2.22. The minimum Gasteiger partial charge on any atom is -0.378 e. The summed E-state index contributed by atoms with van der Waals surface area (Å²) in [6, 6.07) is 4.04. The minimum atomic E-state index is -4.53. The second-order valence-electron chi connectivity index (χ2n) is 5.25. The summed E-state index contributed by atoms with van der Waals surface area (Å²) in [6.07, 6.45) is -6.36. The molecule has 3 atom stereocenters. The molecule has 1 aromatic rings. The molecular weight excluding hydrogens is 327 g/mol. The van der Waals surface area contributed by atoms with E-state index in [0.29, 0.717) is 0 Å². The molecule has 0 bridgehead atoms. The van der Waals surface area contributed by atoms with Crippen LogP contribution in [0.5, 0.6) is 0 Å². The maximum atomic E-state index is 12.5. The quantitative estimate of drug-likeness (QED) is 0.721. The summed E-state index contributed by atoms with van der Waals surface area (Å²) in [4.78, 5) is 23.3. The number of amides is 2. The van der Waals surface area contributed by atoms with E-state index in [-0.39, 0.29) is 12.0 Å². The lowest BCUT2D eigenvalue weighted by Crippen LogP contribution is -2.49. The SMILES string of the molecule is C[C@H](CC#N)[C@@H](NC(=O)[C@H](O)c1ccc(C(F)(F)F)cc1)C(N)=O. The van der Waals surface area contributed by atoms with Gasteiger partial charge in [-0.05, 0) is 23.6 Å². The van der Waals surface area contributed by atoms with Gasteiger partial charge in [0.2, 0.25) is 5.91 Å². The number of alkyl halides is 3. The number of nitrogens with two attached hydrogens (primary N) is 1. The van der Waals surface area contributed by atoms with E-state index in [1.165, 1.54) is 6.92 Å². The molecule has 9 heteroatoms. The highest BCUT2D eigenvalue weighted by Gasteiger charge is 2.31. The van der Waals surface area contributed by atoms with Crippen molar-refractivity contribution in [2.45, 2.75) is 31.7 Å². The van der Waals surface area contributed by atoms with Crippen LogP contribution in [0.15, 0.2) is 24.3 Å². The van der Waals surface area contributed by atoms with E-state index in [0.717, 1.165) is 24.3 Å². The van der Waals surface area contributed by atoms with Crippen LogP contribution in [0.1, 0.15) is 30.6 Å². The van der Waals surface area contributed by atoms with Gasteiger partial charge in [0, 0.05) is 6.42 Å². The molecule has 0 radical (unpaired) electrons. The highest BCUT2D eigenvalue weighted by atomic mass is 19.4. The Hall–Kier alpha value is -2.60. The molecule has 0 saturated carbocycles. The van der Waals surface area contributed by atoms with Crippen LogP contribution in [0.3, 0.4) is 0 Å². The Bertz CT molecular complexity index is 638. The van der Waals surface area contributed by atoms with Gasteiger partial charge in [0.1, 0.15) is 6.04 Å². The van der Waals surface area contributed by atoms with Crippen molar-refractivity contribution in [2.24, 2.45) is 11.7 Å². The van der Waals surface area contributed by atoms with Crippen molar-refractivity contribution in [2.75, 3.05) is 0 Å². The number of nitrogens with zero attached hydrogens (tertiary/aromatic N) is 1. The fourth-order valence-electron chi connectivity index (χ4n) is 1.99. The first-order chi connectivity index (χ1) is 11.1. The van der Waals surface area contributed by atoms with Crippen molar-refractivity contribution in [1.29, 1.82) is 5.26 Å². The number of carbonyl (C=O) groups excluding carboxylic acids is 2. The number of aliphatic hydroxyl groups is 1. The van der Waals surface area contributed by atoms with E-state index in [1.54, 1.807) is 0 Å². The highest BCUT2D eigenvalue weighted by molar-refractivity contribution is 5.89. The second kappa shape index (κ2) is 7.79. The largest absolute Gasteiger partial charge is 0.416 e. The Morgan fingerprint density at radius 1 is 1.33 bits per heavy atom. The Morgan fingerprint density at radius 3 is 2.29 bits per heavy atom. The summed E-state index contributed by atoms with van der Waals surface area (Å²) in [7, 11) is 0. The molecule has 0 unspecified atom stereocenters. The number of halogens is 3. The molecule has 24 heavy (non-hydrogen) atoms. The zero-order chi connectivity index (χ0) is 18.5. The average Bonchev–Trinajstić information content (AvgIpc) is 2.50. The fraction of sp³-hybridized carbons (Fsp3) is 0.400. The van der Waals surface area contributed by atoms with Crippen LogP contribution in [-0.4, -0.2) is 23.0 Å². The maximum Gasteiger partial charge on any atom is 0.416 e. The fourth-order valence-corrected chi connectivity index (χ4v) is 1.99. The van der Waals surface area contributed by atoms with Crippen LogP contribution >= 0.6 is 0 Å². The number of benzene rings is 1. The first-order valence-electron chi connectivity index (χ1n) is 6.89. The lowest BCUT2D eigenvalue weighted by atomic mass is 9.97. The van der Waals surface area contributed by atoms with Crippen molar-refractivity contribution in [3.63, 3.8) is 0 Å². The van der Waals surface area contributed by atoms with Crippen LogP contribution in [0.4, 0.5) is 13.2 Å². The molecule has 6 nitrogen and oxygen atoms in total. The number of nitriles is 1. The molecule has 1 rings (SSSR count). The van der Waals surface area contributed by atoms with Gasteiger partial charge in [-0.15, -0.1) is 0 Å². The zero-order valence-electron chi connectivity index (χ0n) is 12.7. The number of primary amides is 1. The van der Waals surface area contributed by atoms with Gasteiger partial charge in [0.25, 0.3) is 5.91 Å². The van der Waals surface area contributed by atoms with Crippen LogP contribution < -0.4 is 11.1 Å². The topological polar surface area (TPSA) is 116 Å². The van der Waals surface area contributed by atoms with E-state index in [9.17, 15) is 27.9 Å². The maximum absolute atomic E-state index is 12.5. The lowest BCUT2D eigenvalue weighted by molar-refractivity contribution is -0.137. The number of hydrogen-bond donors (Lipinski definition) is 3. The van der Waals surface area contributed by atoms with Crippen molar-refractivity contribution < 1.29 is 27.9 Å².